The van der Waals surface area contributed by atoms with Crippen molar-refractivity contribution < 1.29 is 0 Å². The third kappa shape index (κ3) is 2.58. The Labute approximate surface area is 99.5 Å². The average molecular weight is 250 g/mol. The molecule has 2 atom stereocenters. The fraction of sp³-hybridized carbons (Fsp3) is 0.778. The molecule has 0 saturated heterocycles. The van der Waals surface area contributed by atoms with Crippen molar-refractivity contribution >= 4 is 48.8 Å². The highest BCUT2D eigenvalue weighted by atomic mass is 32.2. The van der Waals surface area contributed by atoms with Gasteiger partial charge in [-0.2, -0.15) is 0 Å². The Balaban J connectivity index is 2.09. The molecule has 0 spiro atoms. The number of hydrogen-bond donors (Lipinski definition) is 2. The van der Waals surface area contributed by atoms with Crippen LogP contribution in [0.15, 0.2) is 8.47 Å². The minimum absolute atomic E-state index is 0.802. The maximum Gasteiger partial charge on any atom is 0.0572 e. The van der Waals surface area contributed by atoms with E-state index in [0.29, 0.717) is 0 Å². The van der Waals surface area contributed by atoms with Gasteiger partial charge in [-0.15, -0.1) is 48.8 Å². The second-order valence-electron chi connectivity index (χ2n) is 3.56. The van der Waals surface area contributed by atoms with E-state index in [4.69, 9.17) is 0 Å². The summed E-state index contributed by atoms with van der Waals surface area (Å²) >= 11 is 12.8. The van der Waals surface area contributed by atoms with Crippen molar-refractivity contribution in [2.75, 3.05) is 0 Å². The molecular weight excluding hydrogens is 236 g/mol. The molecule has 0 nitrogen and oxygen atoms in total. The van der Waals surface area contributed by atoms with Crippen LogP contribution in [0.2, 0.25) is 0 Å². The summed E-state index contributed by atoms with van der Waals surface area (Å²) in [6.45, 7) is 0. The molecule has 0 aromatic carbocycles. The Bertz CT molecular complexity index is 202. The quantitative estimate of drug-likeness (QED) is 0.620. The zero-order valence-corrected chi connectivity index (χ0v) is 10.8. The molecule has 1 aliphatic carbocycles. The molecule has 1 fully saturated rings. The van der Waals surface area contributed by atoms with Gasteiger partial charge in [0, 0.05) is 10.5 Å². The molecular formula is C9H14S4. The lowest BCUT2D eigenvalue weighted by molar-refractivity contribution is 0.704. The monoisotopic (exact) mass is 250 g/mol. The van der Waals surface area contributed by atoms with Gasteiger partial charge >= 0.3 is 0 Å². The van der Waals surface area contributed by atoms with Crippen molar-refractivity contribution in [3.05, 3.63) is 8.47 Å². The van der Waals surface area contributed by atoms with Gasteiger partial charge in [0.25, 0.3) is 0 Å². The SMILES string of the molecule is SC1=C(S)SC2CCCCCC2S1. The van der Waals surface area contributed by atoms with Crippen LogP contribution < -0.4 is 0 Å². The summed E-state index contributed by atoms with van der Waals surface area (Å²) in [5, 5.41) is 1.60. The normalized spacial score (nSPS) is 35.5. The Morgan fingerprint density at radius 2 is 1.31 bits per heavy atom. The number of rotatable bonds is 0. The van der Waals surface area contributed by atoms with Crippen LogP contribution in [0, 0.1) is 0 Å². The van der Waals surface area contributed by atoms with Crippen LogP contribution in [0.4, 0.5) is 0 Å². The van der Waals surface area contributed by atoms with Gasteiger partial charge in [-0.1, -0.05) is 19.3 Å². The van der Waals surface area contributed by atoms with Gasteiger partial charge in [0.05, 0.1) is 8.47 Å². The Morgan fingerprint density at radius 3 is 1.77 bits per heavy atom. The van der Waals surface area contributed by atoms with Crippen LogP contribution in [-0.4, -0.2) is 10.5 Å². The zero-order chi connectivity index (χ0) is 9.26. The number of fused-ring (bicyclic) bond motifs is 1. The number of thiol groups is 2. The smallest absolute Gasteiger partial charge is 0.0572 e. The topological polar surface area (TPSA) is 0 Å². The van der Waals surface area contributed by atoms with Crippen LogP contribution >= 0.6 is 48.8 Å². The number of thioether (sulfide) groups is 2. The second kappa shape index (κ2) is 4.77. The van der Waals surface area contributed by atoms with E-state index in [9.17, 15) is 0 Å². The van der Waals surface area contributed by atoms with Crippen LogP contribution in [0.3, 0.4) is 0 Å². The van der Waals surface area contributed by atoms with E-state index in [-0.39, 0.29) is 0 Å². The maximum absolute atomic E-state index is 4.45. The Kier molecular flexibility index (Phi) is 3.91. The fourth-order valence-corrected chi connectivity index (χ4v) is 5.57. The van der Waals surface area contributed by atoms with Crippen LogP contribution in [0.1, 0.15) is 32.1 Å². The maximum atomic E-state index is 4.45. The summed E-state index contributed by atoms with van der Waals surface area (Å²) in [6, 6.07) is 0. The van der Waals surface area contributed by atoms with E-state index in [1.165, 1.54) is 32.1 Å². The first kappa shape index (κ1) is 10.7. The molecule has 0 aromatic heterocycles. The van der Waals surface area contributed by atoms with E-state index in [2.05, 4.69) is 25.3 Å². The molecule has 0 amide bonds. The highest BCUT2D eigenvalue weighted by Gasteiger charge is 2.30. The van der Waals surface area contributed by atoms with E-state index in [0.717, 1.165) is 19.0 Å². The molecule has 13 heavy (non-hydrogen) atoms. The largest absolute Gasteiger partial charge is 0.135 e. The molecule has 0 aromatic rings. The van der Waals surface area contributed by atoms with Crippen molar-refractivity contribution in [2.24, 2.45) is 0 Å². The molecule has 2 rings (SSSR count). The highest BCUT2D eigenvalue weighted by Crippen LogP contribution is 2.50. The Morgan fingerprint density at radius 1 is 0.846 bits per heavy atom. The zero-order valence-electron chi connectivity index (χ0n) is 7.40. The molecule has 1 heterocycles. The van der Waals surface area contributed by atoms with Crippen LogP contribution in [0.25, 0.3) is 0 Å². The third-order valence-corrected chi connectivity index (χ3v) is 7.05. The van der Waals surface area contributed by atoms with Gasteiger partial charge in [0.15, 0.2) is 0 Å². The predicted octanol–water partition coefficient (Wildman–Crippen LogP) is 4.15. The summed E-state index contributed by atoms with van der Waals surface area (Å²) in [5.41, 5.74) is 0. The van der Waals surface area contributed by atoms with Gasteiger partial charge in [-0.3, -0.25) is 0 Å². The number of hydrogen-bond acceptors (Lipinski definition) is 4. The van der Waals surface area contributed by atoms with E-state index in [1.54, 1.807) is 0 Å². The molecule has 1 aliphatic heterocycles. The lowest BCUT2D eigenvalue weighted by atomic mass is 10.2. The minimum atomic E-state index is 0.802. The van der Waals surface area contributed by atoms with Crippen molar-refractivity contribution in [2.45, 2.75) is 42.6 Å². The van der Waals surface area contributed by atoms with Gasteiger partial charge in [-0.25, -0.2) is 0 Å². The van der Waals surface area contributed by atoms with Crippen molar-refractivity contribution in [3.8, 4) is 0 Å². The van der Waals surface area contributed by atoms with Crippen molar-refractivity contribution in [3.63, 3.8) is 0 Å². The first-order valence-corrected chi connectivity index (χ1v) is 7.38. The lowest BCUT2D eigenvalue weighted by Gasteiger charge is -2.29. The molecule has 2 unspecified atom stereocenters. The fourth-order valence-electron chi connectivity index (χ4n) is 1.90. The summed E-state index contributed by atoms with van der Waals surface area (Å²) < 4.78 is 2.27. The second-order valence-corrected chi connectivity index (χ2v) is 7.56. The van der Waals surface area contributed by atoms with Crippen molar-refractivity contribution in [1.82, 2.24) is 0 Å². The highest BCUT2D eigenvalue weighted by molar-refractivity contribution is 8.24. The van der Waals surface area contributed by atoms with Gasteiger partial charge in [0.1, 0.15) is 0 Å². The molecule has 1 saturated carbocycles. The lowest BCUT2D eigenvalue weighted by Crippen LogP contribution is -2.20. The predicted molar refractivity (Wildman–Crippen MR) is 70.8 cm³/mol. The average Bonchev–Trinajstić information content (AvgIpc) is 2.31. The third-order valence-electron chi connectivity index (χ3n) is 2.60. The first-order chi connectivity index (χ1) is 6.27. The van der Waals surface area contributed by atoms with E-state index < -0.39 is 0 Å². The molecule has 0 N–H and O–H groups in total. The summed E-state index contributed by atoms with van der Waals surface area (Å²) in [5.74, 6) is 0. The summed E-state index contributed by atoms with van der Waals surface area (Å²) in [4.78, 5) is 0. The molecule has 74 valence electrons. The van der Waals surface area contributed by atoms with E-state index >= 15 is 0 Å². The Hall–Kier alpha value is 1.14. The van der Waals surface area contributed by atoms with Gasteiger partial charge < -0.3 is 0 Å². The van der Waals surface area contributed by atoms with Gasteiger partial charge in [-0.05, 0) is 12.8 Å². The minimum Gasteiger partial charge on any atom is -0.135 e. The van der Waals surface area contributed by atoms with Crippen LogP contribution in [-0.2, 0) is 0 Å². The molecule has 2 aliphatic rings. The molecule has 0 radical (unpaired) electrons. The van der Waals surface area contributed by atoms with E-state index in [1.807, 2.05) is 23.5 Å². The molecule has 0 bridgehead atoms. The first-order valence-electron chi connectivity index (χ1n) is 4.73. The summed E-state index contributed by atoms with van der Waals surface area (Å²) in [6.07, 6.45) is 6.95. The standard InChI is InChI=1S/C9H14S4/c10-8-9(11)13-7-5-3-1-2-4-6(7)12-8/h6-7,10-11H,1-5H2. The van der Waals surface area contributed by atoms with Crippen LogP contribution in [0.5, 0.6) is 0 Å². The summed E-state index contributed by atoms with van der Waals surface area (Å²) in [7, 11) is 0. The molecule has 4 heteroatoms. The van der Waals surface area contributed by atoms with Gasteiger partial charge in [0.2, 0.25) is 0 Å². The van der Waals surface area contributed by atoms with Crippen molar-refractivity contribution in [1.29, 1.82) is 0 Å².